The van der Waals surface area contributed by atoms with E-state index >= 15 is 0 Å². The van der Waals surface area contributed by atoms with E-state index in [9.17, 15) is 9.18 Å². The van der Waals surface area contributed by atoms with Crippen LogP contribution in [0.15, 0.2) is 43.0 Å². The molecule has 1 aliphatic heterocycles. The van der Waals surface area contributed by atoms with Gasteiger partial charge >= 0.3 is 0 Å². The maximum atomic E-state index is 13.4. The van der Waals surface area contributed by atoms with Crippen LogP contribution in [0.1, 0.15) is 16.1 Å². The van der Waals surface area contributed by atoms with Crippen LogP contribution in [0, 0.1) is 12.7 Å². The van der Waals surface area contributed by atoms with Gasteiger partial charge in [-0.05, 0) is 18.6 Å². The number of amides is 1. The van der Waals surface area contributed by atoms with E-state index < -0.39 is 0 Å². The van der Waals surface area contributed by atoms with Crippen LogP contribution in [0.2, 0.25) is 0 Å². The molecule has 1 saturated heterocycles. The second kappa shape index (κ2) is 7.26. The minimum atomic E-state index is -0.349. The number of carbonyl (C=O) groups is 1. The van der Waals surface area contributed by atoms with Gasteiger partial charge in [0.15, 0.2) is 0 Å². The van der Waals surface area contributed by atoms with E-state index in [0.717, 1.165) is 5.56 Å². The first-order chi connectivity index (χ1) is 13.5. The number of hydrogen-bond acceptors (Lipinski definition) is 6. The number of halogens is 1. The lowest BCUT2D eigenvalue weighted by Crippen LogP contribution is -2.54. The van der Waals surface area contributed by atoms with Crippen LogP contribution < -0.4 is 15.0 Å². The van der Waals surface area contributed by atoms with Gasteiger partial charge in [-0.3, -0.25) is 9.48 Å². The largest absolute Gasteiger partial charge is 0.486 e. The lowest BCUT2D eigenvalue weighted by molar-refractivity contribution is 0.102. The molecule has 0 unspecified atom stereocenters. The molecular weight excluding hydrogens is 363 g/mol. The summed E-state index contributed by atoms with van der Waals surface area (Å²) in [4.78, 5) is 22.7. The molecule has 2 aromatic heterocycles. The van der Waals surface area contributed by atoms with Gasteiger partial charge in [0, 0.05) is 19.3 Å². The highest BCUT2D eigenvalue weighted by Gasteiger charge is 2.30. The molecule has 1 N–H and O–H groups in total. The fraction of sp³-hybridized carbons (Fsp3) is 0.263. The maximum Gasteiger partial charge on any atom is 0.275 e. The molecular formula is C19H19FN6O2. The Morgan fingerprint density at radius 2 is 2.07 bits per heavy atom. The normalized spacial score (nSPS) is 13.9. The molecule has 1 amide bonds. The van der Waals surface area contributed by atoms with Crippen LogP contribution in [0.5, 0.6) is 5.75 Å². The summed E-state index contributed by atoms with van der Waals surface area (Å²) < 4.78 is 20.8. The summed E-state index contributed by atoms with van der Waals surface area (Å²) in [6.45, 7) is 3.11. The number of rotatable bonds is 5. The SMILES string of the molecule is Cc1ccc(F)cc1OC1CN(c2cnc(C(=O)Nc3cnn(C)c3)cn2)C1. The molecule has 0 atom stereocenters. The predicted octanol–water partition coefficient (Wildman–Crippen LogP) is 2.18. The standard InChI is InChI=1S/C19H19FN6O2/c1-12-3-4-13(20)5-17(12)28-15-10-26(11-15)18-8-21-16(7-22-18)19(27)24-14-6-23-25(2)9-14/h3-9,15H,10-11H2,1-2H3,(H,24,27). The predicted molar refractivity (Wildman–Crippen MR) is 101 cm³/mol. The van der Waals surface area contributed by atoms with Crippen molar-refractivity contribution in [2.45, 2.75) is 13.0 Å². The molecule has 144 valence electrons. The van der Waals surface area contributed by atoms with Crippen LogP contribution in [0.3, 0.4) is 0 Å². The fourth-order valence-electron chi connectivity index (χ4n) is 2.86. The van der Waals surface area contributed by atoms with Crippen molar-refractivity contribution in [1.82, 2.24) is 19.7 Å². The van der Waals surface area contributed by atoms with Crippen molar-refractivity contribution in [3.05, 3.63) is 60.1 Å². The number of aryl methyl sites for hydroxylation is 2. The average Bonchev–Trinajstić information content (AvgIpc) is 3.05. The van der Waals surface area contributed by atoms with E-state index in [0.29, 0.717) is 30.3 Å². The summed E-state index contributed by atoms with van der Waals surface area (Å²) in [7, 11) is 1.77. The van der Waals surface area contributed by atoms with Gasteiger partial charge in [0.2, 0.25) is 0 Å². The lowest BCUT2D eigenvalue weighted by Gasteiger charge is -2.39. The van der Waals surface area contributed by atoms with Gasteiger partial charge in [0.25, 0.3) is 5.91 Å². The third-order valence-electron chi connectivity index (χ3n) is 4.45. The number of ether oxygens (including phenoxy) is 1. The van der Waals surface area contributed by atoms with E-state index in [-0.39, 0.29) is 23.5 Å². The molecule has 0 radical (unpaired) electrons. The van der Waals surface area contributed by atoms with Crippen LogP contribution in [0.25, 0.3) is 0 Å². The molecule has 0 spiro atoms. The van der Waals surface area contributed by atoms with E-state index in [1.165, 1.54) is 18.3 Å². The van der Waals surface area contributed by atoms with Crippen molar-refractivity contribution >= 4 is 17.4 Å². The Balaban J connectivity index is 1.33. The van der Waals surface area contributed by atoms with Crippen molar-refractivity contribution in [2.75, 3.05) is 23.3 Å². The van der Waals surface area contributed by atoms with Gasteiger partial charge in [0.1, 0.15) is 29.2 Å². The average molecular weight is 382 g/mol. The number of aromatic nitrogens is 4. The van der Waals surface area contributed by atoms with Crippen LogP contribution in [-0.2, 0) is 7.05 Å². The molecule has 3 heterocycles. The first kappa shape index (κ1) is 17.9. The summed E-state index contributed by atoms with van der Waals surface area (Å²) in [6, 6.07) is 4.51. The highest BCUT2D eigenvalue weighted by Crippen LogP contribution is 2.25. The van der Waals surface area contributed by atoms with Crippen molar-refractivity contribution < 1.29 is 13.9 Å². The van der Waals surface area contributed by atoms with E-state index in [1.807, 2.05) is 11.8 Å². The molecule has 1 fully saturated rings. The fourth-order valence-corrected chi connectivity index (χ4v) is 2.86. The second-order valence-electron chi connectivity index (χ2n) is 6.67. The number of anilines is 2. The lowest BCUT2D eigenvalue weighted by atomic mass is 10.1. The van der Waals surface area contributed by atoms with Gasteiger partial charge < -0.3 is 15.0 Å². The van der Waals surface area contributed by atoms with Crippen molar-refractivity contribution in [1.29, 1.82) is 0 Å². The molecule has 0 aliphatic carbocycles. The van der Waals surface area contributed by atoms with Crippen LogP contribution >= 0.6 is 0 Å². The molecule has 0 bridgehead atoms. The summed E-state index contributed by atoms with van der Waals surface area (Å²) in [6.07, 6.45) is 6.20. The Hall–Kier alpha value is -3.49. The zero-order valence-electron chi connectivity index (χ0n) is 15.5. The smallest absolute Gasteiger partial charge is 0.275 e. The summed E-state index contributed by atoms with van der Waals surface area (Å²) in [5.41, 5.74) is 1.70. The first-order valence-corrected chi connectivity index (χ1v) is 8.78. The number of carbonyl (C=O) groups excluding carboxylic acids is 1. The van der Waals surface area contributed by atoms with Crippen molar-refractivity contribution in [2.24, 2.45) is 7.05 Å². The highest BCUT2D eigenvalue weighted by atomic mass is 19.1. The molecule has 28 heavy (non-hydrogen) atoms. The molecule has 1 aromatic carbocycles. The van der Waals surface area contributed by atoms with Crippen molar-refractivity contribution in [3.8, 4) is 5.75 Å². The van der Waals surface area contributed by atoms with E-state index in [4.69, 9.17) is 4.74 Å². The molecule has 4 rings (SSSR count). The highest BCUT2D eigenvalue weighted by molar-refractivity contribution is 6.02. The molecule has 9 heteroatoms. The zero-order valence-corrected chi connectivity index (χ0v) is 15.5. The number of nitrogens with zero attached hydrogens (tertiary/aromatic N) is 5. The van der Waals surface area contributed by atoms with Crippen LogP contribution in [0.4, 0.5) is 15.9 Å². The minimum Gasteiger partial charge on any atom is -0.486 e. The summed E-state index contributed by atoms with van der Waals surface area (Å²) in [5, 5.41) is 6.70. The first-order valence-electron chi connectivity index (χ1n) is 8.78. The zero-order chi connectivity index (χ0) is 19.7. The molecule has 0 saturated carbocycles. The van der Waals surface area contributed by atoms with Gasteiger partial charge in [-0.2, -0.15) is 5.10 Å². The summed E-state index contributed by atoms with van der Waals surface area (Å²) >= 11 is 0. The number of hydrogen-bond donors (Lipinski definition) is 1. The topological polar surface area (TPSA) is 85.2 Å². The Morgan fingerprint density at radius 1 is 1.25 bits per heavy atom. The maximum absolute atomic E-state index is 13.4. The monoisotopic (exact) mass is 382 g/mol. The summed E-state index contributed by atoms with van der Waals surface area (Å²) in [5.74, 6) is 0.549. The number of benzene rings is 1. The van der Waals surface area contributed by atoms with E-state index in [2.05, 4.69) is 20.4 Å². The minimum absolute atomic E-state index is 0.0455. The van der Waals surface area contributed by atoms with Gasteiger partial charge in [-0.1, -0.05) is 6.07 Å². The van der Waals surface area contributed by atoms with Crippen molar-refractivity contribution in [3.63, 3.8) is 0 Å². The van der Waals surface area contributed by atoms with E-state index in [1.54, 1.807) is 36.4 Å². The Kier molecular flexibility index (Phi) is 4.64. The van der Waals surface area contributed by atoms with Crippen LogP contribution in [-0.4, -0.2) is 44.8 Å². The van der Waals surface area contributed by atoms with Gasteiger partial charge in [-0.25, -0.2) is 14.4 Å². The Labute approximate surface area is 161 Å². The quantitative estimate of drug-likeness (QED) is 0.728. The number of nitrogens with one attached hydrogen (secondary N) is 1. The van der Waals surface area contributed by atoms with Gasteiger partial charge in [0.05, 0.1) is 37.4 Å². The Bertz CT molecular complexity index is 998. The molecule has 1 aliphatic rings. The Morgan fingerprint density at radius 3 is 2.75 bits per heavy atom. The van der Waals surface area contributed by atoms with Gasteiger partial charge in [-0.15, -0.1) is 0 Å². The second-order valence-corrected chi connectivity index (χ2v) is 6.67. The molecule has 8 nitrogen and oxygen atoms in total. The molecule has 3 aromatic rings. The third kappa shape index (κ3) is 3.78. The third-order valence-corrected chi connectivity index (χ3v) is 4.45.